The Morgan fingerprint density at radius 3 is 2.45 bits per heavy atom. The average molecular weight is 273 g/mol. The molecule has 1 aromatic heterocycles. The predicted octanol–water partition coefficient (Wildman–Crippen LogP) is 3.98. The van der Waals surface area contributed by atoms with Gasteiger partial charge in [0.05, 0.1) is 6.54 Å². The van der Waals surface area contributed by atoms with Crippen LogP contribution in [0.3, 0.4) is 0 Å². The molecule has 0 amide bonds. The molecule has 0 aliphatic heterocycles. The van der Waals surface area contributed by atoms with E-state index in [1.54, 1.807) is 0 Å². The normalized spacial score (nSPS) is 10.8. The molecule has 0 unspecified atom stereocenters. The predicted molar refractivity (Wildman–Crippen MR) is 81.0 cm³/mol. The number of ether oxygens (including phenoxy) is 1. The van der Waals surface area contributed by atoms with Gasteiger partial charge in [0.2, 0.25) is 0 Å². The standard InChI is InChI=1S/C17H23NO2/c1-4-10-18-11-15-8-9-16(20-15)12-19-17-13(2)6-5-7-14(17)3/h5-9,18H,4,10-12H2,1-3H3. The molecule has 0 bridgehead atoms. The smallest absolute Gasteiger partial charge is 0.146 e. The molecular weight excluding hydrogens is 250 g/mol. The Morgan fingerprint density at radius 1 is 1.05 bits per heavy atom. The van der Waals surface area contributed by atoms with E-state index in [0.29, 0.717) is 6.61 Å². The lowest BCUT2D eigenvalue weighted by Crippen LogP contribution is -2.13. The van der Waals surface area contributed by atoms with Crippen molar-refractivity contribution in [2.45, 2.75) is 40.3 Å². The summed E-state index contributed by atoms with van der Waals surface area (Å²) in [6.45, 7) is 8.53. The van der Waals surface area contributed by atoms with Crippen LogP contribution in [0.1, 0.15) is 36.0 Å². The highest BCUT2D eigenvalue weighted by Gasteiger charge is 2.06. The lowest BCUT2D eigenvalue weighted by molar-refractivity contribution is 0.262. The number of furan rings is 1. The van der Waals surface area contributed by atoms with Gasteiger partial charge in [0.15, 0.2) is 0 Å². The highest BCUT2D eigenvalue weighted by atomic mass is 16.5. The topological polar surface area (TPSA) is 34.4 Å². The summed E-state index contributed by atoms with van der Waals surface area (Å²) in [7, 11) is 0. The maximum absolute atomic E-state index is 5.88. The van der Waals surface area contributed by atoms with Crippen LogP contribution in [0.25, 0.3) is 0 Å². The first kappa shape index (κ1) is 14.7. The maximum Gasteiger partial charge on any atom is 0.146 e. The van der Waals surface area contributed by atoms with Crippen LogP contribution in [-0.2, 0) is 13.2 Å². The third kappa shape index (κ3) is 3.87. The van der Waals surface area contributed by atoms with Gasteiger partial charge in [0.1, 0.15) is 23.9 Å². The van der Waals surface area contributed by atoms with E-state index in [9.17, 15) is 0 Å². The summed E-state index contributed by atoms with van der Waals surface area (Å²) >= 11 is 0. The lowest BCUT2D eigenvalue weighted by Gasteiger charge is -2.10. The zero-order valence-electron chi connectivity index (χ0n) is 12.5. The van der Waals surface area contributed by atoms with Gasteiger partial charge in [-0.05, 0) is 50.1 Å². The van der Waals surface area contributed by atoms with Crippen molar-refractivity contribution in [1.29, 1.82) is 0 Å². The number of rotatable bonds is 7. The molecule has 0 radical (unpaired) electrons. The molecule has 1 N–H and O–H groups in total. The fourth-order valence-electron chi connectivity index (χ4n) is 2.15. The molecule has 1 heterocycles. The Balaban J connectivity index is 1.91. The molecule has 0 aliphatic rings. The van der Waals surface area contributed by atoms with E-state index in [0.717, 1.165) is 47.9 Å². The third-order valence-corrected chi connectivity index (χ3v) is 3.21. The monoisotopic (exact) mass is 273 g/mol. The fourth-order valence-corrected chi connectivity index (χ4v) is 2.15. The summed E-state index contributed by atoms with van der Waals surface area (Å²) in [5, 5.41) is 3.32. The number of para-hydroxylation sites is 1. The van der Waals surface area contributed by atoms with Crippen molar-refractivity contribution in [3.63, 3.8) is 0 Å². The van der Waals surface area contributed by atoms with E-state index in [2.05, 4.69) is 38.2 Å². The second kappa shape index (κ2) is 7.15. The molecule has 0 saturated carbocycles. The summed E-state index contributed by atoms with van der Waals surface area (Å²) < 4.78 is 11.6. The maximum atomic E-state index is 5.88. The van der Waals surface area contributed by atoms with Crippen molar-refractivity contribution in [2.75, 3.05) is 6.54 Å². The van der Waals surface area contributed by atoms with Crippen molar-refractivity contribution >= 4 is 0 Å². The molecule has 2 aromatic rings. The van der Waals surface area contributed by atoms with Gasteiger partial charge in [0.25, 0.3) is 0 Å². The van der Waals surface area contributed by atoms with Gasteiger partial charge in [-0.1, -0.05) is 25.1 Å². The van der Waals surface area contributed by atoms with Gasteiger partial charge in [-0.2, -0.15) is 0 Å². The van der Waals surface area contributed by atoms with Crippen molar-refractivity contribution in [3.8, 4) is 5.75 Å². The van der Waals surface area contributed by atoms with Crippen LogP contribution in [0.15, 0.2) is 34.7 Å². The van der Waals surface area contributed by atoms with E-state index < -0.39 is 0 Å². The quantitative estimate of drug-likeness (QED) is 0.775. The molecule has 3 heteroatoms. The molecule has 20 heavy (non-hydrogen) atoms. The van der Waals surface area contributed by atoms with Gasteiger partial charge in [-0.25, -0.2) is 0 Å². The average Bonchev–Trinajstić information content (AvgIpc) is 2.86. The summed E-state index contributed by atoms with van der Waals surface area (Å²) in [6, 6.07) is 10.2. The molecule has 0 atom stereocenters. The summed E-state index contributed by atoms with van der Waals surface area (Å²) in [5.41, 5.74) is 2.31. The molecule has 0 aliphatic carbocycles. The highest BCUT2D eigenvalue weighted by molar-refractivity contribution is 5.39. The van der Waals surface area contributed by atoms with Crippen molar-refractivity contribution in [3.05, 3.63) is 53.0 Å². The van der Waals surface area contributed by atoms with Crippen molar-refractivity contribution < 1.29 is 9.15 Å². The molecule has 0 saturated heterocycles. The number of nitrogens with one attached hydrogen (secondary N) is 1. The third-order valence-electron chi connectivity index (χ3n) is 3.21. The minimum Gasteiger partial charge on any atom is -0.485 e. The van der Waals surface area contributed by atoms with Crippen LogP contribution in [-0.4, -0.2) is 6.54 Å². The van der Waals surface area contributed by atoms with Crippen LogP contribution in [0.5, 0.6) is 5.75 Å². The molecule has 3 nitrogen and oxygen atoms in total. The Labute approximate surface area is 121 Å². The fraction of sp³-hybridized carbons (Fsp3) is 0.412. The summed E-state index contributed by atoms with van der Waals surface area (Å²) in [4.78, 5) is 0. The second-order valence-electron chi connectivity index (χ2n) is 5.05. The lowest BCUT2D eigenvalue weighted by atomic mass is 10.1. The van der Waals surface area contributed by atoms with E-state index >= 15 is 0 Å². The Morgan fingerprint density at radius 2 is 1.75 bits per heavy atom. The van der Waals surface area contributed by atoms with Crippen molar-refractivity contribution in [1.82, 2.24) is 5.32 Å². The minimum atomic E-state index is 0.472. The highest BCUT2D eigenvalue weighted by Crippen LogP contribution is 2.23. The number of aryl methyl sites for hydroxylation is 2. The van der Waals surface area contributed by atoms with E-state index in [1.165, 1.54) is 0 Å². The van der Waals surface area contributed by atoms with Gasteiger partial charge < -0.3 is 14.5 Å². The van der Waals surface area contributed by atoms with E-state index in [-0.39, 0.29) is 0 Å². The Hall–Kier alpha value is -1.74. The van der Waals surface area contributed by atoms with E-state index in [1.807, 2.05) is 18.2 Å². The van der Waals surface area contributed by atoms with Crippen LogP contribution >= 0.6 is 0 Å². The van der Waals surface area contributed by atoms with Gasteiger partial charge in [-0.3, -0.25) is 0 Å². The molecule has 2 rings (SSSR count). The van der Waals surface area contributed by atoms with Gasteiger partial charge in [0, 0.05) is 0 Å². The number of hydrogen-bond donors (Lipinski definition) is 1. The molecule has 0 spiro atoms. The molecular formula is C17H23NO2. The molecule has 1 aromatic carbocycles. The van der Waals surface area contributed by atoms with E-state index in [4.69, 9.17) is 9.15 Å². The first-order chi connectivity index (χ1) is 9.70. The van der Waals surface area contributed by atoms with Crippen LogP contribution in [0.4, 0.5) is 0 Å². The van der Waals surface area contributed by atoms with Gasteiger partial charge >= 0.3 is 0 Å². The minimum absolute atomic E-state index is 0.472. The Kier molecular flexibility index (Phi) is 5.24. The van der Waals surface area contributed by atoms with Crippen LogP contribution in [0.2, 0.25) is 0 Å². The zero-order valence-corrected chi connectivity index (χ0v) is 12.5. The Bertz CT molecular complexity index is 525. The largest absolute Gasteiger partial charge is 0.485 e. The van der Waals surface area contributed by atoms with Gasteiger partial charge in [-0.15, -0.1) is 0 Å². The molecule has 0 fully saturated rings. The first-order valence-electron chi connectivity index (χ1n) is 7.18. The molecule has 108 valence electrons. The van der Waals surface area contributed by atoms with Crippen LogP contribution < -0.4 is 10.1 Å². The number of hydrogen-bond acceptors (Lipinski definition) is 3. The SMILES string of the molecule is CCCNCc1ccc(COc2c(C)cccc2C)o1. The first-order valence-corrected chi connectivity index (χ1v) is 7.18. The summed E-state index contributed by atoms with van der Waals surface area (Å²) in [5.74, 6) is 2.77. The zero-order chi connectivity index (χ0) is 14.4. The second-order valence-corrected chi connectivity index (χ2v) is 5.05. The summed E-state index contributed by atoms with van der Waals surface area (Å²) in [6.07, 6.45) is 1.13. The number of benzene rings is 1. The van der Waals surface area contributed by atoms with Crippen LogP contribution in [0, 0.1) is 13.8 Å². The van der Waals surface area contributed by atoms with Crippen molar-refractivity contribution in [2.24, 2.45) is 0 Å².